The van der Waals surface area contributed by atoms with Crippen LogP contribution in [0, 0.1) is 0 Å². The van der Waals surface area contributed by atoms with Gasteiger partial charge in [-0.25, -0.2) is 13.2 Å². The molecule has 1 aliphatic rings. The van der Waals surface area contributed by atoms with Gasteiger partial charge in [0.2, 0.25) is 0 Å². The lowest BCUT2D eigenvalue weighted by Crippen LogP contribution is -2.32. The minimum atomic E-state index is -3.86. The fourth-order valence-electron chi connectivity index (χ4n) is 3.60. The van der Waals surface area contributed by atoms with Gasteiger partial charge in [-0.2, -0.15) is 0 Å². The van der Waals surface area contributed by atoms with Crippen molar-refractivity contribution in [1.82, 2.24) is 0 Å². The van der Waals surface area contributed by atoms with Crippen molar-refractivity contribution in [3.63, 3.8) is 0 Å². The van der Waals surface area contributed by atoms with E-state index in [0.29, 0.717) is 11.4 Å². The molecule has 1 amide bonds. The van der Waals surface area contributed by atoms with Gasteiger partial charge >= 0.3 is 5.97 Å². The third-order valence-electron chi connectivity index (χ3n) is 5.16. The zero-order valence-electron chi connectivity index (χ0n) is 18.1. The van der Waals surface area contributed by atoms with Crippen LogP contribution in [0.2, 0.25) is 0 Å². The zero-order chi connectivity index (χ0) is 24.4. The van der Waals surface area contributed by atoms with E-state index in [1.165, 1.54) is 18.2 Å². The van der Waals surface area contributed by atoms with Crippen LogP contribution >= 0.6 is 23.1 Å². The summed E-state index contributed by atoms with van der Waals surface area (Å²) >= 11 is 2.63. The molecule has 5 rings (SSSR count). The molecule has 0 atom stereocenters. The molecule has 4 aromatic rings. The summed E-state index contributed by atoms with van der Waals surface area (Å²) in [5.74, 6) is -1.23. The fourth-order valence-corrected chi connectivity index (χ4v) is 6.74. The fraction of sp³-hybridized carbons (Fsp3) is 0.0400. The molecule has 1 N–H and O–H groups in total. The highest BCUT2D eigenvalue weighted by Gasteiger charge is 2.29. The molecule has 0 aliphatic carbocycles. The number of nitrogens with one attached hydrogen (secondary N) is 1. The van der Waals surface area contributed by atoms with E-state index < -0.39 is 28.5 Å². The largest absolute Gasteiger partial charge is 0.452 e. The Morgan fingerprint density at radius 2 is 1.46 bits per heavy atom. The molecule has 0 saturated carbocycles. The lowest BCUT2D eigenvalue weighted by atomic mass is 10.2. The monoisotopic (exact) mass is 522 g/mol. The Bertz CT molecular complexity index is 1470. The molecular formula is C25H18N2O5S3. The third kappa shape index (κ3) is 4.68. The molecule has 1 aromatic heterocycles. The molecule has 0 saturated heterocycles. The van der Waals surface area contributed by atoms with Crippen molar-refractivity contribution in [1.29, 1.82) is 0 Å². The summed E-state index contributed by atoms with van der Waals surface area (Å²) in [5, 5.41) is 1.65. The van der Waals surface area contributed by atoms with Gasteiger partial charge in [0.15, 0.2) is 6.61 Å². The molecule has 1 aliphatic heterocycles. The topological polar surface area (TPSA) is 92.8 Å². The van der Waals surface area contributed by atoms with Crippen LogP contribution < -0.4 is 9.62 Å². The second-order valence-corrected chi connectivity index (χ2v) is 11.4. The number of benzene rings is 3. The molecule has 0 unspecified atom stereocenters. The quantitative estimate of drug-likeness (QED) is 0.335. The van der Waals surface area contributed by atoms with Gasteiger partial charge in [-0.1, -0.05) is 54.2 Å². The van der Waals surface area contributed by atoms with Crippen LogP contribution in [-0.2, 0) is 19.6 Å². The van der Waals surface area contributed by atoms with Gasteiger partial charge in [-0.05, 0) is 47.8 Å². The Kier molecular flexibility index (Phi) is 6.33. The number of para-hydroxylation sites is 3. The maximum absolute atomic E-state index is 13.3. The summed E-state index contributed by atoms with van der Waals surface area (Å²) in [6.45, 7) is -0.516. The third-order valence-corrected chi connectivity index (χ3v) is 9.05. The normalized spacial score (nSPS) is 12.4. The molecule has 2 heterocycles. The minimum Gasteiger partial charge on any atom is -0.452 e. The first-order valence-electron chi connectivity index (χ1n) is 10.5. The predicted octanol–water partition coefficient (Wildman–Crippen LogP) is 5.54. The van der Waals surface area contributed by atoms with Crippen molar-refractivity contribution < 1.29 is 22.7 Å². The number of amides is 1. The molecule has 176 valence electrons. The number of fused-ring (bicyclic) bond motifs is 2. The maximum Gasteiger partial charge on any atom is 0.340 e. The van der Waals surface area contributed by atoms with E-state index in [0.717, 1.165) is 21.1 Å². The van der Waals surface area contributed by atoms with E-state index in [-0.39, 0.29) is 15.5 Å². The lowest BCUT2D eigenvalue weighted by Gasteiger charge is -2.30. The highest BCUT2D eigenvalue weighted by molar-refractivity contribution is 7.99. The molecule has 0 bridgehead atoms. The van der Waals surface area contributed by atoms with Gasteiger partial charge in [-0.15, -0.1) is 11.3 Å². The first-order valence-corrected chi connectivity index (χ1v) is 13.6. The molecule has 0 spiro atoms. The number of anilines is 3. The van der Waals surface area contributed by atoms with E-state index in [1.54, 1.807) is 40.2 Å². The van der Waals surface area contributed by atoms with Gasteiger partial charge in [-0.3, -0.25) is 14.4 Å². The van der Waals surface area contributed by atoms with Gasteiger partial charge in [0.25, 0.3) is 15.9 Å². The average molecular weight is 523 g/mol. The van der Waals surface area contributed by atoms with Gasteiger partial charge < -0.3 is 4.74 Å². The summed E-state index contributed by atoms with van der Waals surface area (Å²) in [7, 11) is -3.86. The van der Waals surface area contributed by atoms with Crippen molar-refractivity contribution in [2.24, 2.45) is 0 Å². The van der Waals surface area contributed by atoms with Crippen LogP contribution in [0.4, 0.5) is 17.1 Å². The van der Waals surface area contributed by atoms with Gasteiger partial charge in [0.1, 0.15) is 4.21 Å². The van der Waals surface area contributed by atoms with Crippen molar-refractivity contribution in [3.05, 3.63) is 95.9 Å². The number of thiophene rings is 1. The second-order valence-electron chi connectivity index (χ2n) is 7.43. The Hall–Kier alpha value is -3.60. The molecule has 3 aromatic carbocycles. The average Bonchev–Trinajstić information content (AvgIpc) is 3.42. The number of carbonyl (C=O) groups is 2. The maximum atomic E-state index is 13.3. The zero-order valence-corrected chi connectivity index (χ0v) is 20.5. The summed E-state index contributed by atoms with van der Waals surface area (Å²) in [5.41, 5.74) is 1.50. The Labute approximate surface area is 210 Å². The molecular weight excluding hydrogens is 504 g/mol. The summed E-state index contributed by atoms with van der Waals surface area (Å²) in [4.78, 5) is 29.5. The highest BCUT2D eigenvalue weighted by Crippen LogP contribution is 2.47. The van der Waals surface area contributed by atoms with Crippen LogP contribution in [-0.4, -0.2) is 26.9 Å². The second kappa shape index (κ2) is 9.57. The minimum absolute atomic E-state index is 0.00966. The first kappa shape index (κ1) is 23.2. The van der Waals surface area contributed by atoms with Crippen LogP contribution in [0.5, 0.6) is 0 Å². The highest BCUT2D eigenvalue weighted by atomic mass is 32.2. The van der Waals surface area contributed by atoms with Crippen LogP contribution in [0.15, 0.2) is 104 Å². The number of ether oxygens (including phenoxy) is 1. The smallest absolute Gasteiger partial charge is 0.340 e. The van der Waals surface area contributed by atoms with Gasteiger partial charge in [0.05, 0.1) is 22.6 Å². The number of sulfonamides is 1. The number of carbonyl (C=O) groups excluding carboxylic acids is 2. The number of hydrogen-bond donors (Lipinski definition) is 1. The van der Waals surface area contributed by atoms with Crippen LogP contribution in [0.3, 0.4) is 0 Å². The standard InChI is InChI=1S/C25H18N2O5S3/c28-23(27-19-10-3-5-12-21(19)34-22-13-6-4-11-20(22)27)16-32-25(29)17-8-1-2-9-18(17)26-35(30,31)24-14-7-15-33-24/h1-15,26H,16H2. The summed E-state index contributed by atoms with van der Waals surface area (Å²) in [6, 6.07) is 24.2. The Morgan fingerprint density at radius 1 is 0.829 bits per heavy atom. The summed E-state index contributed by atoms with van der Waals surface area (Å²) in [6.07, 6.45) is 0. The summed E-state index contributed by atoms with van der Waals surface area (Å²) < 4.78 is 33.2. The number of hydrogen-bond acceptors (Lipinski definition) is 7. The SMILES string of the molecule is O=C(OCC(=O)N1c2ccccc2Sc2ccccc21)c1ccccc1NS(=O)(=O)c1cccs1. The molecule has 7 nitrogen and oxygen atoms in total. The van der Waals surface area contributed by atoms with E-state index in [2.05, 4.69) is 4.72 Å². The van der Waals surface area contributed by atoms with E-state index in [1.807, 2.05) is 48.5 Å². The van der Waals surface area contributed by atoms with Crippen molar-refractivity contribution in [2.45, 2.75) is 14.0 Å². The Morgan fingerprint density at radius 3 is 2.11 bits per heavy atom. The van der Waals surface area contributed by atoms with Crippen molar-refractivity contribution >= 4 is 62.1 Å². The van der Waals surface area contributed by atoms with E-state index >= 15 is 0 Å². The predicted molar refractivity (Wildman–Crippen MR) is 136 cm³/mol. The van der Waals surface area contributed by atoms with Gasteiger partial charge in [0, 0.05) is 9.79 Å². The molecule has 0 fully saturated rings. The first-order chi connectivity index (χ1) is 16.9. The number of nitrogens with zero attached hydrogens (tertiary/aromatic N) is 1. The Balaban J connectivity index is 1.36. The van der Waals surface area contributed by atoms with Crippen LogP contribution in [0.1, 0.15) is 10.4 Å². The lowest BCUT2D eigenvalue weighted by molar-refractivity contribution is -0.121. The van der Waals surface area contributed by atoms with Crippen LogP contribution in [0.25, 0.3) is 0 Å². The number of rotatable bonds is 6. The molecule has 0 radical (unpaired) electrons. The van der Waals surface area contributed by atoms with Crippen molar-refractivity contribution in [2.75, 3.05) is 16.2 Å². The molecule has 35 heavy (non-hydrogen) atoms. The molecule has 10 heteroatoms. The van der Waals surface area contributed by atoms with Crippen molar-refractivity contribution in [3.8, 4) is 0 Å². The number of esters is 1. The van der Waals surface area contributed by atoms with E-state index in [9.17, 15) is 18.0 Å². The van der Waals surface area contributed by atoms with E-state index in [4.69, 9.17) is 4.74 Å².